The van der Waals surface area contributed by atoms with Gasteiger partial charge in [-0.25, -0.2) is 9.59 Å². The molecule has 1 heterocycles. The van der Waals surface area contributed by atoms with Gasteiger partial charge in [-0.1, -0.05) is 12.1 Å². The first-order valence-corrected chi connectivity index (χ1v) is 5.85. The minimum absolute atomic E-state index is 0.129. The first kappa shape index (κ1) is 12.9. The van der Waals surface area contributed by atoms with E-state index in [4.69, 9.17) is 9.84 Å². The van der Waals surface area contributed by atoms with Crippen LogP contribution in [0.5, 0.6) is 5.75 Å². The number of nitrogens with one attached hydrogen (secondary N) is 2. The van der Waals surface area contributed by atoms with Crippen LogP contribution in [0, 0.1) is 0 Å². The Hall–Kier alpha value is -2.50. The molecule has 0 bridgehead atoms. The summed E-state index contributed by atoms with van der Waals surface area (Å²) < 4.78 is 5.37. The maximum absolute atomic E-state index is 11.4. The SMILES string of the molecule is CCOc1cccc(C2C=C(C(=O)O)NC(=O)N2)c1. The van der Waals surface area contributed by atoms with E-state index in [0.717, 1.165) is 5.56 Å². The van der Waals surface area contributed by atoms with Crippen molar-refractivity contribution in [1.29, 1.82) is 0 Å². The van der Waals surface area contributed by atoms with Crippen LogP contribution in [0.15, 0.2) is 36.0 Å². The molecule has 6 nitrogen and oxygen atoms in total. The minimum atomic E-state index is -1.17. The number of urea groups is 1. The lowest BCUT2D eigenvalue weighted by Crippen LogP contribution is -2.43. The smallest absolute Gasteiger partial charge is 0.352 e. The number of carboxylic acids is 1. The van der Waals surface area contributed by atoms with Gasteiger partial charge in [-0.3, -0.25) is 0 Å². The fourth-order valence-corrected chi connectivity index (χ4v) is 1.82. The van der Waals surface area contributed by atoms with Gasteiger partial charge >= 0.3 is 12.0 Å². The molecule has 3 N–H and O–H groups in total. The third-order valence-electron chi connectivity index (χ3n) is 2.63. The summed E-state index contributed by atoms with van der Waals surface area (Å²) in [6.45, 7) is 2.42. The first-order valence-electron chi connectivity index (χ1n) is 5.85. The lowest BCUT2D eigenvalue weighted by molar-refractivity contribution is -0.133. The summed E-state index contributed by atoms with van der Waals surface area (Å²) in [7, 11) is 0. The van der Waals surface area contributed by atoms with Gasteiger partial charge in [0, 0.05) is 0 Å². The fraction of sp³-hybridized carbons (Fsp3) is 0.231. The van der Waals surface area contributed by atoms with E-state index in [-0.39, 0.29) is 5.70 Å². The van der Waals surface area contributed by atoms with Crippen LogP contribution in [0.4, 0.5) is 4.79 Å². The Labute approximate surface area is 110 Å². The van der Waals surface area contributed by atoms with Gasteiger partial charge < -0.3 is 20.5 Å². The second kappa shape index (κ2) is 5.43. The molecule has 0 saturated carbocycles. The van der Waals surface area contributed by atoms with E-state index >= 15 is 0 Å². The highest BCUT2D eigenvalue weighted by molar-refractivity contribution is 5.93. The molecule has 0 fully saturated rings. The zero-order chi connectivity index (χ0) is 13.8. The maximum atomic E-state index is 11.4. The van der Waals surface area contributed by atoms with Crippen molar-refractivity contribution in [2.24, 2.45) is 0 Å². The van der Waals surface area contributed by atoms with Crippen LogP contribution in [0.25, 0.3) is 0 Å². The average Bonchev–Trinajstić information content (AvgIpc) is 2.38. The van der Waals surface area contributed by atoms with Gasteiger partial charge in [0.25, 0.3) is 0 Å². The summed E-state index contributed by atoms with van der Waals surface area (Å²) in [4.78, 5) is 22.3. The number of carbonyl (C=O) groups is 2. The molecule has 2 amide bonds. The van der Waals surface area contributed by atoms with E-state index in [1.54, 1.807) is 24.3 Å². The van der Waals surface area contributed by atoms with Crippen LogP contribution in [0.3, 0.4) is 0 Å². The highest BCUT2D eigenvalue weighted by Crippen LogP contribution is 2.22. The first-order chi connectivity index (χ1) is 9.10. The highest BCUT2D eigenvalue weighted by atomic mass is 16.5. The quantitative estimate of drug-likeness (QED) is 0.765. The largest absolute Gasteiger partial charge is 0.494 e. The van der Waals surface area contributed by atoms with Crippen molar-refractivity contribution < 1.29 is 19.4 Å². The Morgan fingerprint density at radius 1 is 1.47 bits per heavy atom. The molecule has 1 aliphatic heterocycles. The predicted octanol–water partition coefficient (Wildman–Crippen LogP) is 1.41. The highest BCUT2D eigenvalue weighted by Gasteiger charge is 2.23. The monoisotopic (exact) mass is 262 g/mol. The molecule has 1 aromatic carbocycles. The lowest BCUT2D eigenvalue weighted by atomic mass is 10.0. The van der Waals surface area contributed by atoms with Crippen molar-refractivity contribution in [2.75, 3.05) is 6.61 Å². The predicted molar refractivity (Wildman–Crippen MR) is 67.7 cm³/mol. The number of carboxylic acid groups (broad SMARTS) is 1. The Kier molecular flexibility index (Phi) is 3.70. The molecule has 100 valence electrons. The molecular weight excluding hydrogens is 248 g/mol. The second-order valence-electron chi connectivity index (χ2n) is 3.97. The number of aliphatic carboxylic acids is 1. The van der Waals surface area contributed by atoms with Crippen LogP contribution in [0.2, 0.25) is 0 Å². The molecule has 6 heteroatoms. The standard InChI is InChI=1S/C13H14N2O4/c1-2-19-9-5-3-4-8(6-9)10-7-11(12(16)17)15-13(18)14-10/h3-7,10H,2H2,1H3,(H,16,17)(H2,14,15,18). The normalized spacial score (nSPS) is 18.1. The Morgan fingerprint density at radius 3 is 2.95 bits per heavy atom. The van der Waals surface area contributed by atoms with Gasteiger partial charge in [-0.05, 0) is 30.7 Å². The van der Waals surface area contributed by atoms with E-state index in [2.05, 4.69) is 10.6 Å². The molecular formula is C13H14N2O4. The number of amides is 2. The molecule has 0 saturated heterocycles. The van der Waals surface area contributed by atoms with Crippen LogP contribution in [-0.4, -0.2) is 23.7 Å². The van der Waals surface area contributed by atoms with Gasteiger partial charge in [0.1, 0.15) is 11.4 Å². The van der Waals surface area contributed by atoms with Crippen LogP contribution >= 0.6 is 0 Å². The summed E-state index contributed by atoms with van der Waals surface area (Å²) in [5, 5.41) is 13.8. The summed E-state index contributed by atoms with van der Waals surface area (Å²) >= 11 is 0. The van der Waals surface area contributed by atoms with E-state index < -0.39 is 18.0 Å². The number of benzene rings is 1. The molecule has 19 heavy (non-hydrogen) atoms. The molecule has 0 spiro atoms. The second-order valence-corrected chi connectivity index (χ2v) is 3.97. The Bertz CT molecular complexity index is 539. The van der Waals surface area contributed by atoms with Crippen molar-refractivity contribution in [2.45, 2.75) is 13.0 Å². The summed E-state index contributed by atoms with van der Waals surface area (Å²) in [5.74, 6) is -0.487. The Balaban J connectivity index is 2.29. The van der Waals surface area contributed by atoms with Gasteiger partial charge in [0.15, 0.2) is 0 Å². The number of rotatable bonds is 4. The molecule has 0 radical (unpaired) electrons. The van der Waals surface area contributed by atoms with Gasteiger partial charge in [0.05, 0.1) is 12.6 Å². The molecule has 1 aromatic rings. The van der Waals surface area contributed by atoms with Crippen molar-refractivity contribution in [3.63, 3.8) is 0 Å². The van der Waals surface area contributed by atoms with Crippen LogP contribution in [0.1, 0.15) is 18.5 Å². The summed E-state index contributed by atoms with van der Waals surface area (Å²) in [5.41, 5.74) is 0.634. The average molecular weight is 262 g/mol. The molecule has 0 aliphatic carbocycles. The van der Waals surface area contributed by atoms with E-state index in [0.29, 0.717) is 12.4 Å². The molecule has 1 aliphatic rings. The van der Waals surface area contributed by atoms with Crippen LogP contribution < -0.4 is 15.4 Å². The third kappa shape index (κ3) is 3.04. The third-order valence-corrected chi connectivity index (χ3v) is 2.63. The van der Waals surface area contributed by atoms with Crippen molar-refractivity contribution in [3.05, 3.63) is 41.6 Å². The minimum Gasteiger partial charge on any atom is -0.494 e. The van der Waals surface area contributed by atoms with Gasteiger partial charge in [0.2, 0.25) is 0 Å². The Morgan fingerprint density at radius 2 is 2.26 bits per heavy atom. The topological polar surface area (TPSA) is 87.7 Å². The van der Waals surface area contributed by atoms with Crippen molar-refractivity contribution in [3.8, 4) is 5.75 Å². The molecule has 1 atom stereocenters. The molecule has 0 aromatic heterocycles. The fourth-order valence-electron chi connectivity index (χ4n) is 1.82. The zero-order valence-corrected chi connectivity index (χ0v) is 10.3. The van der Waals surface area contributed by atoms with E-state index in [1.165, 1.54) is 6.08 Å². The zero-order valence-electron chi connectivity index (χ0n) is 10.3. The summed E-state index contributed by atoms with van der Waals surface area (Å²) in [6, 6.07) is 6.15. The lowest BCUT2D eigenvalue weighted by Gasteiger charge is -2.22. The number of ether oxygens (including phenoxy) is 1. The number of hydrogen-bond acceptors (Lipinski definition) is 3. The van der Waals surface area contributed by atoms with Crippen molar-refractivity contribution >= 4 is 12.0 Å². The number of hydrogen-bond donors (Lipinski definition) is 3. The summed E-state index contributed by atoms with van der Waals surface area (Å²) in [6.07, 6.45) is 1.45. The van der Waals surface area contributed by atoms with Gasteiger partial charge in [-0.2, -0.15) is 0 Å². The van der Waals surface area contributed by atoms with Crippen molar-refractivity contribution in [1.82, 2.24) is 10.6 Å². The van der Waals surface area contributed by atoms with Crippen LogP contribution in [-0.2, 0) is 4.79 Å². The van der Waals surface area contributed by atoms with E-state index in [9.17, 15) is 9.59 Å². The maximum Gasteiger partial charge on any atom is 0.352 e. The molecule has 2 rings (SSSR count). The molecule has 1 unspecified atom stereocenters. The number of carbonyl (C=O) groups excluding carboxylic acids is 1. The van der Waals surface area contributed by atoms with Gasteiger partial charge in [-0.15, -0.1) is 0 Å². The van der Waals surface area contributed by atoms with E-state index in [1.807, 2.05) is 6.92 Å².